The third kappa shape index (κ3) is 3.66. The summed E-state index contributed by atoms with van der Waals surface area (Å²) in [4.78, 5) is 8.93. The highest BCUT2D eigenvalue weighted by molar-refractivity contribution is 6.31. The van der Waals surface area contributed by atoms with Crippen molar-refractivity contribution in [1.29, 1.82) is 0 Å². The zero-order chi connectivity index (χ0) is 19.5. The lowest BCUT2D eigenvalue weighted by molar-refractivity contribution is 0.0934. The molecule has 0 aliphatic rings. The first-order valence-electron chi connectivity index (χ1n) is 9.36. The van der Waals surface area contributed by atoms with Crippen LogP contribution in [0.1, 0.15) is 37.9 Å². The number of aromatic nitrogens is 5. The van der Waals surface area contributed by atoms with E-state index in [1.807, 2.05) is 35.2 Å². The molecule has 1 atom stereocenters. The molecule has 0 aliphatic heterocycles. The van der Waals surface area contributed by atoms with Gasteiger partial charge in [-0.1, -0.05) is 31.4 Å². The summed E-state index contributed by atoms with van der Waals surface area (Å²) in [6.45, 7) is 2.19. The molecule has 0 bridgehead atoms. The van der Waals surface area contributed by atoms with Gasteiger partial charge in [0.2, 0.25) is 0 Å². The van der Waals surface area contributed by atoms with Crippen molar-refractivity contribution < 1.29 is 4.74 Å². The molecule has 0 saturated carbocycles. The third-order valence-corrected chi connectivity index (χ3v) is 5.09. The van der Waals surface area contributed by atoms with Crippen LogP contribution in [0, 0.1) is 0 Å². The lowest BCUT2D eigenvalue weighted by Crippen LogP contribution is -2.03. The van der Waals surface area contributed by atoms with E-state index in [0.717, 1.165) is 47.1 Å². The van der Waals surface area contributed by atoms with Gasteiger partial charge in [-0.3, -0.25) is 5.10 Å². The summed E-state index contributed by atoms with van der Waals surface area (Å²) in [7, 11) is 1.76. The van der Waals surface area contributed by atoms with Crippen LogP contribution in [0.25, 0.3) is 28.1 Å². The Labute approximate surface area is 168 Å². The smallest absolute Gasteiger partial charge is 0.155 e. The number of fused-ring (bicyclic) bond motifs is 1. The Bertz CT molecular complexity index is 1070. The molecule has 1 unspecified atom stereocenters. The van der Waals surface area contributed by atoms with Crippen LogP contribution in [-0.4, -0.2) is 31.8 Å². The van der Waals surface area contributed by atoms with Crippen molar-refractivity contribution in [3.63, 3.8) is 0 Å². The van der Waals surface area contributed by atoms with Gasteiger partial charge >= 0.3 is 0 Å². The molecule has 6 nitrogen and oxygen atoms in total. The average Bonchev–Trinajstić information content (AvgIpc) is 3.38. The Morgan fingerprint density at radius 2 is 2.11 bits per heavy atom. The molecule has 144 valence electrons. The fourth-order valence-corrected chi connectivity index (χ4v) is 3.66. The second kappa shape index (κ2) is 8.12. The molecule has 3 aromatic heterocycles. The third-order valence-electron chi connectivity index (χ3n) is 4.87. The zero-order valence-corrected chi connectivity index (χ0v) is 16.6. The number of halogens is 1. The normalized spacial score (nSPS) is 12.5. The molecule has 3 heterocycles. The number of pyridine rings is 1. The molecule has 0 fully saturated rings. The number of H-pyrrole nitrogens is 1. The van der Waals surface area contributed by atoms with Crippen molar-refractivity contribution in [3.8, 4) is 17.1 Å². The molecule has 7 heteroatoms. The predicted octanol–water partition coefficient (Wildman–Crippen LogP) is 5.34. The van der Waals surface area contributed by atoms with E-state index in [9.17, 15) is 0 Å². The van der Waals surface area contributed by atoms with E-state index < -0.39 is 0 Å². The van der Waals surface area contributed by atoms with E-state index in [4.69, 9.17) is 21.3 Å². The number of hydrogen-bond donors (Lipinski definition) is 1. The molecule has 1 aromatic carbocycles. The minimum Gasteiger partial charge on any atom is -0.377 e. The number of unbranched alkanes of at least 4 members (excludes halogenated alkanes) is 1. The first-order valence-corrected chi connectivity index (χ1v) is 9.74. The first kappa shape index (κ1) is 18.7. The fourth-order valence-electron chi connectivity index (χ4n) is 3.43. The number of nitrogens with one attached hydrogen (secondary N) is 1. The monoisotopic (exact) mass is 395 g/mol. The number of benzene rings is 1. The van der Waals surface area contributed by atoms with Crippen LogP contribution in [0.15, 0.2) is 49.1 Å². The van der Waals surface area contributed by atoms with Crippen LogP contribution in [0.5, 0.6) is 0 Å². The van der Waals surface area contributed by atoms with Crippen LogP contribution in [-0.2, 0) is 4.74 Å². The number of aromatic amines is 1. The molecule has 0 amide bonds. The van der Waals surface area contributed by atoms with Crippen LogP contribution >= 0.6 is 11.6 Å². The van der Waals surface area contributed by atoms with E-state index in [0.29, 0.717) is 10.8 Å². The fraction of sp³-hybridized carbons (Fsp3) is 0.286. The lowest BCUT2D eigenvalue weighted by Gasteiger charge is -2.15. The number of ether oxygens (including phenoxy) is 1. The number of methoxy groups -OCH3 is 1. The van der Waals surface area contributed by atoms with Gasteiger partial charge in [0.15, 0.2) is 5.82 Å². The summed E-state index contributed by atoms with van der Waals surface area (Å²) < 4.78 is 7.70. The summed E-state index contributed by atoms with van der Waals surface area (Å²) >= 11 is 6.36. The highest BCUT2D eigenvalue weighted by atomic mass is 35.5. The SMILES string of the molecule is CCCCC(OC)c1cnc2c(ccn2-c2cc(Cl)cc(-c3ncn[nH]3)c2)c1. The number of nitrogens with zero attached hydrogens (tertiary/aromatic N) is 4. The molecule has 1 N–H and O–H groups in total. The Hall–Kier alpha value is -2.70. The highest BCUT2D eigenvalue weighted by Gasteiger charge is 2.14. The van der Waals surface area contributed by atoms with Crippen molar-refractivity contribution in [2.24, 2.45) is 0 Å². The Balaban J connectivity index is 1.72. The number of hydrogen-bond acceptors (Lipinski definition) is 4. The van der Waals surface area contributed by atoms with Gasteiger partial charge in [-0.05, 0) is 42.3 Å². The van der Waals surface area contributed by atoms with Crippen molar-refractivity contribution in [1.82, 2.24) is 24.7 Å². The maximum Gasteiger partial charge on any atom is 0.155 e. The molecular weight excluding hydrogens is 374 g/mol. The summed E-state index contributed by atoms with van der Waals surface area (Å²) in [5, 5.41) is 8.48. The maximum atomic E-state index is 6.36. The molecule has 4 rings (SSSR count). The summed E-state index contributed by atoms with van der Waals surface area (Å²) in [6, 6.07) is 10.0. The molecule has 4 aromatic rings. The van der Waals surface area contributed by atoms with E-state index >= 15 is 0 Å². The van der Waals surface area contributed by atoms with E-state index in [-0.39, 0.29) is 6.10 Å². The maximum absolute atomic E-state index is 6.36. The largest absolute Gasteiger partial charge is 0.377 e. The number of rotatable bonds is 7. The van der Waals surface area contributed by atoms with Gasteiger partial charge in [0.05, 0.1) is 6.10 Å². The molecule has 28 heavy (non-hydrogen) atoms. The second-order valence-electron chi connectivity index (χ2n) is 6.77. The molecule has 0 radical (unpaired) electrons. The topological polar surface area (TPSA) is 68.6 Å². The lowest BCUT2D eigenvalue weighted by atomic mass is 10.0. The van der Waals surface area contributed by atoms with Crippen LogP contribution < -0.4 is 0 Å². The van der Waals surface area contributed by atoms with Gasteiger partial charge in [0.25, 0.3) is 0 Å². The van der Waals surface area contributed by atoms with Crippen LogP contribution in [0.4, 0.5) is 0 Å². The van der Waals surface area contributed by atoms with E-state index in [1.54, 1.807) is 7.11 Å². The predicted molar refractivity (Wildman–Crippen MR) is 111 cm³/mol. The van der Waals surface area contributed by atoms with Gasteiger partial charge < -0.3 is 9.30 Å². The van der Waals surface area contributed by atoms with Gasteiger partial charge in [-0.15, -0.1) is 0 Å². The zero-order valence-electron chi connectivity index (χ0n) is 15.9. The first-order chi connectivity index (χ1) is 13.7. The average molecular weight is 396 g/mol. The van der Waals surface area contributed by atoms with Crippen molar-refractivity contribution in [2.75, 3.05) is 7.11 Å². The molecular formula is C21H22ClN5O. The summed E-state index contributed by atoms with van der Waals surface area (Å²) in [5.74, 6) is 0.675. The minimum atomic E-state index is 0.0735. The Morgan fingerprint density at radius 3 is 2.86 bits per heavy atom. The standard InChI is InChI=1S/C21H22ClN5O/c1-3-4-5-19(28-2)16-8-14-6-7-27(21(14)23-12-16)18-10-15(9-17(22)11-18)20-24-13-25-26-20/h6-13,19H,3-5H2,1-2H3,(H,24,25,26). The van der Waals surface area contributed by atoms with E-state index in [2.05, 4.69) is 34.2 Å². The van der Waals surface area contributed by atoms with Crippen molar-refractivity contribution in [2.45, 2.75) is 32.3 Å². The Kier molecular flexibility index (Phi) is 5.41. The van der Waals surface area contributed by atoms with E-state index in [1.165, 1.54) is 6.33 Å². The van der Waals surface area contributed by atoms with Crippen molar-refractivity contribution >= 4 is 22.6 Å². The molecule has 0 saturated heterocycles. The van der Waals surface area contributed by atoms with Crippen molar-refractivity contribution in [3.05, 3.63) is 59.6 Å². The van der Waals surface area contributed by atoms with Gasteiger partial charge in [-0.25, -0.2) is 9.97 Å². The Morgan fingerprint density at radius 1 is 1.21 bits per heavy atom. The highest BCUT2D eigenvalue weighted by Crippen LogP contribution is 2.29. The van der Waals surface area contributed by atoms with Crippen LogP contribution in [0.2, 0.25) is 5.02 Å². The van der Waals surface area contributed by atoms with Gasteiger partial charge in [0, 0.05) is 41.2 Å². The second-order valence-corrected chi connectivity index (χ2v) is 7.20. The summed E-state index contributed by atoms with van der Waals surface area (Å²) in [6.07, 6.45) is 8.74. The molecule has 0 aliphatic carbocycles. The minimum absolute atomic E-state index is 0.0735. The quantitative estimate of drug-likeness (QED) is 0.458. The van der Waals surface area contributed by atoms with Crippen LogP contribution in [0.3, 0.4) is 0 Å². The molecule has 0 spiro atoms. The summed E-state index contributed by atoms with van der Waals surface area (Å²) in [5.41, 5.74) is 3.77. The van der Waals surface area contributed by atoms with Gasteiger partial charge in [-0.2, -0.15) is 5.10 Å². The van der Waals surface area contributed by atoms with Gasteiger partial charge in [0.1, 0.15) is 12.0 Å².